The molecular weight excluding hydrogens is 384 g/mol. The van der Waals surface area contributed by atoms with Crippen LogP contribution in [0.2, 0.25) is 0 Å². The summed E-state index contributed by atoms with van der Waals surface area (Å²) in [4.78, 5) is 24.0. The van der Waals surface area contributed by atoms with E-state index in [9.17, 15) is 9.59 Å². The van der Waals surface area contributed by atoms with E-state index in [2.05, 4.69) is 22.8 Å². The van der Waals surface area contributed by atoms with Crippen LogP contribution in [0.4, 0.5) is 4.79 Å². The molecule has 2 heterocycles. The summed E-state index contributed by atoms with van der Waals surface area (Å²) in [5, 5.41) is 6.42. The van der Waals surface area contributed by atoms with Crippen LogP contribution in [0, 0.1) is 0 Å². The predicted octanol–water partition coefficient (Wildman–Crippen LogP) is 4.03. The van der Waals surface area contributed by atoms with Crippen molar-refractivity contribution < 1.29 is 14.3 Å². The molecule has 2 aliphatic heterocycles. The van der Waals surface area contributed by atoms with Crippen molar-refractivity contribution in [3.63, 3.8) is 0 Å². The second kappa shape index (κ2) is 7.75. The Kier molecular flexibility index (Phi) is 4.96. The van der Waals surface area contributed by atoms with Gasteiger partial charge in [-0.1, -0.05) is 55.0 Å². The summed E-state index contributed by atoms with van der Waals surface area (Å²) in [7, 11) is 0. The average Bonchev–Trinajstić information content (AvgIpc) is 3.38. The fraction of sp³-hybridized carbons (Fsp3) is 0.391. The topological polar surface area (TPSA) is 67.4 Å². The lowest BCUT2D eigenvalue weighted by atomic mass is 10.0. The number of carbonyl (C=O) groups excluding carboxylic acids is 2. The molecule has 2 aromatic rings. The molecule has 2 N–H and O–H groups in total. The number of urea groups is 1. The Labute approximate surface area is 174 Å². The third-order valence-corrected chi connectivity index (χ3v) is 7.59. The number of rotatable bonds is 6. The summed E-state index contributed by atoms with van der Waals surface area (Å²) in [6, 6.07) is 16.7. The highest BCUT2D eigenvalue weighted by atomic mass is 32.2. The Morgan fingerprint density at radius 2 is 1.69 bits per heavy atom. The Morgan fingerprint density at radius 3 is 2.41 bits per heavy atom. The van der Waals surface area contributed by atoms with Crippen LogP contribution in [0.5, 0.6) is 0 Å². The van der Waals surface area contributed by atoms with Gasteiger partial charge in [-0.15, -0.1) is 0 Å². The van der Waals surface area contributed by atoms with E-state index in [1.165, 1.54) is 0 Å². The van der Waals surface area contributed by atoms with E-state index < -0.39 is 0 Å². The predicted molar refractivity (Wildman–Crippen MR) is 114 cm³/mol. The smallest absolute Gasteiger partial charge is 0.315 e. The highest BCUT2D eigenvalue weighted by Gasteiger charge is 2.42. The number of thioether (sulfide) groups is 1. The maximum atomic E-state index is 12.5. The third kappa shape index (κ3) is 3.50. The number of ether oxygens (including phenoxy) is 1. The van der Waals surface area contributed by atoms with Crippen LogP contribution in [0.3, 0.4) is 0 Å². The quantitative estimate of drug-likeness (QED) is 0.430. The van der Waals surface area contributed by atoms with Gasteiger partial charge in [0.2, 0.25) is 0 Å². The lowest BCUT2D eigenvalue weighted by Crippen LogP contribution is -2.36. The largest absolute Gasteiger partial charge is 0.452 e. The van der Waals surface area contributed by atoms with Gasteiger partial charge in [0.15, 0.2) is 6.10 Å². The summed E-state index contributed by atoms with van der Waals surface area (Å²) in [5.74, 6) is 0.825. The molecule has 0 saturated carbocycles. The van der Waals surface area contributed by atoms with Crippen molar-refractivity contribution >= 4 is 23.8 Å². The van der Waals surface area contributed by atoms with Gasteiger partial charge in [0.05, 0.1) is 12.1 Å². The number of carbonyl (C=O) groups is 2. The van der Waals surface area contributed by atoms with E-state index >= 15 is 0 Å². The molecule has 0 spiro atoms. The van der Waals surface area contributed by atoms with Gasteiger partial charge in [0.25, 0.3) is 0 Å². The highest BCUT2D eigenvalue weighted by molar-refractivity contribution is 8.00. The first-order valence-electron chi connectivity index (χ1n) is 10.3. The van der Waals surface area contributed by atoms with Gasteiger partial charge < -0.3 is 15.4 Å². The first-order chi connectivity index (χ1) is 14.2. The first kappa shape index (κ1) is 18.6. The molecule has 0 radical (unpaired) electrons. The molecule has 3 atom stereocenters. The van der Waals surface area contributed by atoms with Gasteiger partial charge in [-0.2, -0.15) is 11.8 Å². The van der Waals surface area contributed by atoms with Crippen LogP contribution >= 0.6 is 11.8 Å². The monoisotopic (exact) mass is 408 g/mol. The minimum absolute atomic E-state index is 0.0500. The number of amides is 2. The first-order valence-corrected chi connectivity index (χ1v) is 11.3. The molecule has 1 aliphatic carbocycles. The molecule has 0 unspecified atom stereocenters. The van der Waals surface area contributed by atoms with Gasteiger partial charge in [0.1, 0.15) is 0 Å². The van der Waals surface area contributed by atoms with Crippen molar-refractivity contribution in [1.29, 1.82) is 0 Å². The van der Waals surface area contributed by atoms with E-state index in [0.29, 0.717) is 11.7 Å². The van der Waals surface area contributed by atoms with Crippen molar-refractivity contribution in [3.05, 3.63) is 59.7 Å². The van der Waals surface area contributed by atoms with Crippen molar-refractivity contribution in [2.45, 2.75) is 49.1 Å². The normalized spacial score (nSPS) is 24.4. The standard InChI is InChI=1S/C23H24N2O3S/c26-20(12-6-5-11-19-21-18(13-29-19)24-23(27)25-21)28-22-16-9-3-1-7-14(16)15-8-2-4-10-17(15)22/h1-4,7-10,18-19,21-22H,5-6,11-13H2,(H2,24,25,27)/t18-,19+,21-/m1/s1. The van der Waals surface area contributed by atoms with E-state index in [0.717, 1.165) is 47.3 Å². The lowest BCUT2D eigenvalue weighted by molar-refractivity contribution is -0.147. The highest BCUT2D eigenvalue weighted by Crippen LogP contribution is 2.45. The molecule has 29 heavy (non-hydrogen) atoms. The van der Waals surface area contributed by atoms with Gasteiger partial charge in [-0.3, -0.25) is 4.79 Å². The van der Waals surface area contributed by atoms with Crippen LogP contribution in [0.25, 0.3) is 11.1 Å². The number of hydrogen-bond acceptors (Lipinski definition) is 4. The molecule has 3 aliphatic rings. The van der Waals surface area contributed by atoms with Crippen molar-refractivity contribution in [2.75, 3.05) is 5.75 Å². The van der Waals surface area contributed by atoms with Crippen molar-refractivity contribution in [2.24, 2.45) is 0 Å². The van der Waals surface area contributed by atoms with Crippen molar-refractivity contribution in [3.8, 4) is 11.1 Å². The van der Waals surface area contributed by atoms with E-state index in [4.69, 9.17) is 4.74 Å². The molecule has 2 saturated heterocycles. The van der Waals surface area contributed by atoms with Crippen LogP contribution in [-0.4, -0.2) is 35.1 Å². The summed E-state index contributed by atoms with van der Waals surface area (Å²) >= 11 is 1.91. The van der Waals surface area contributed by atoms with Crippen LogP contribution in [-0.2, 0) is 9.53 Å². The summed E-state index contributed by atoms with van der Waals surface area (Å²) in [6.45, 7) is 0. The second-order valence-electron chi connectivity index (χ2n) is 7.91. The lowest BCUT2D eigenvalue weighted by Gasteiger charge is -2.17. The SMILES string of the molecule is O=C1N[C@H]2[C@H](CCCCC(=O)OC3c4ccccc4-c4ccccc43)SC[C@H]2N1. The van der Waals surface area contributed by atoms with Gasteiger partial charge in [-0.05, 0) is 24.0 Å². The molecule has 0 bridgehead atoms. The van der Waals surface area contributed by atoms with Crippen LogP contribution in [0.15, 0.2) is 48.5 Å². The zero-order valence-corrected chi connectivity index (χ0v) is 16.9. The number of nitrogens with one attached hydrogen (secondary N) is 2. The minimum atomic E-state index is -0.305. The molecule has 0 aromatic heterocycles. The number of hydrogen-bond donors (Lipinski definition) is 2. The minimum Gasteiger partial charge on any atom is -0.452 e. The van der Waals surface area contributed by atoms with Crippen molar-refractivity contribution in [1.82, 2.24) is 10.6 Å². The number of esters is 1. The Balaban J connectivity index is 1.14. The van der Waals surface area contributed by atoms with E-state index in [-0.39, 0.29) is 30.2 Å². The number of unbranched alkanes of at least 4 members (excludes halogenated alkanes) is 1. The number of benzene rings is 2. The summed E-state index contributed by atoms with van der Waals surface area (Å²) < 4.78 is 5.91. The zero-order chi connectivity index (χ0) is 19.8. The third-order valence-electron chi connectivity index (χ3n) is 6.08. The summed E-state index contributed by atoms with van der Waals surface area (Å²) in [6.07, 6.45) is 2.90. The molecule has 150 valence electrons. The van der Waals surface area contributed by atoms with Gasteiger partial charge >= 0.3 is 12.0 Å². The molecule has 2 aromatic carbocycles. The second-order valence-corrected chi connectivity index (χ2v) is 9.18. The average molecular weight is 409 g/mol. The van der Waals surface area contributed by atoms with E-state index in [1.807, 2.05) is 48.2 Å². The fourth-order valence-electron chi connectivity index (χ4n) is 4.68. The van der Waals surface area contributed by atoms with Crippen LogP contribution in [0.1, 0.15) is 42.9 Å². The molecule has 6 heteroatoms. The van der Waals surface area contributed by atoms with Gasteiger partial charge in [-0.25, -0.2) is 4.79 Å². The van der Waals surface area contributed by atoms with Gasteiger partial charge in [0, 0.05) is 28.6 Å². The molecular formula is C23H24N2O3S. The Bertz CT molecular complexity index is 902. The molecule has 2 fully saturated rings. The molecule has 2 amide bonds. The fourth-order valence-corrected chi connectivity index (χ4v) is 6.23. The maximum Gasteiger partial charge on any atom is 0.315 e. The van der Waals surface area contributed by atoms with Crippen LogP contribution < -0.4 is 10.6 Å². The summed E-state index contributed by atoms with van der Waals surface area (Å²) in [5.41, 5.74) is 4.45. The molecule has 5 nitrogen and oxygen atoms in total. The Hall–Kier alpha value is -2.47. The maximum absolute atomic E-state index is 12.5. The number of fused-ring (bicyclic) bond motifs is 4. The van der Waals surface area contributed by atoms with E-state index in [1.54, 1.807) is 0 Å². The Morgan fingerprint density at radius 1 is 1.00 bits per heavy atom. The molecule has 5 rings (SSSR count). The zero-order valence-electron chi connectivity index (χ0n) is 16.1.